The molecule has 2 atom stereocenters. The molecule has 0 aromatic heterocycles. The van der Waals surface area contributed by atoms with Crippen LogP contribution in [0.4, 0.5) is 0 Å². The van der Waals surface area contributed by atoms with Gasteiger partial charge < -0.3 is 15.3 Å². The van der Waals surface area contributed by atoms with E-state index in [0.717, 1.165) is 8.93 Å². The van der Waals surface area contributed by atoms with Crippen LogP contribution in [0.1, 0.15) is 0 Å². The van der Waals surface area contributed by atoms with Gasteiger partial charge >= 0.3 is 0 Å². The van der Waals surface area contributed by atoms with Crippen molar-refractivity contribution in [3.05, 3.63) is 0 Å². The molecule has 0 saturated carbocycles. The Kier molecular flexibility index (Phi) is 5.38. The molecule has 0 aromatic carbocycles. The molecule has 2 unspecified atom stereocenters. The molecule has 0 aromatic rings. The van der Waals surface area contributed by atoms with Crippen LogP contribution in [0.2, 0.25) is 0 Å². The lowest BCUT2D eigenvalue weighted by Crippen LogP contribution is -2.24. The van der Waals surface area contributed by atoms with Crippen LogP contribution in [0.5, 0.6) is 0 Å². The van der Waals surface area contributed by atoms with Crippen molar-refractivity contribution >= 4 is 30.1 Å². The fourth-order valence-electron chi connectivity index (χ4n) is 0.150. The molecule has 3 nitrogen and oxygen atoms in total. The highest BCUT2D eigenvalue weighted by Gasteiger charge is 2.12. The van der Waals surface area contributed by atoms with Crippen molar-refractivity contribution in [1.82, 2.24) is 0 Å². The number of aliphatic hydroxyl groups excluding tert-OH is 3. The summed E-state index contributed by atoms with van der Waals surface area (Å²) in [6, 6.07) is 0. The van der Waals surface area contributed by atoms with Gasteiger partial charge in [-0.1, -0.05) is 8.93 Å². The SMILES string of the molecule is OCC(O)C(O)SI. The van der Waals surface area contributed by atoms with E-state index in [-0.39, 0.29) is 0 Å². The Morgan fingerprint density at radius 2 is 2.00 bits per heavy atom. The van der Waals surface area contributed by atoms with Gasteiger partial charge in [-0.2, -0.15) is 0 Å². The fourth-order valence-corrected chi connectivity index (χ4v) is 1.37. The highest BCUT2D eigenvalue weighted by molar-refractivity contribution is 14.2. The van der Waals surface area contributed by atoms with Crippen molar-refractivity contribution in [2.45, 2.75) is 11.5 Å². The maximum atomic E-state index is 8.67. The third-order valence-electron chi connectivity index (χ3n) is 0.607. The summed E-state index contributed by atoms with van der Waals surface area (Å²) in [6.45, 7) is -0.392. The molecule has 0 saturated heterocycles. The van der Waals surface area contributed by atoms with E-state index in [1.807, 2.05) is 21.2 Å². The summed E-state index contributed by atoms with van der Waals surface area (Å²) in [5.74, 6) is 0. The van der Waals surface area contributed by atoms with Gasteiger partial charge in [0, 0.05) is 0 Å². The Labute approximate surface area is 63.7 Å². The van der Waals surface area contributed by atoms with Gasteiger partial charge in [-0.15, -0.1) is 0 Å². The predicted octanol–water partition coefficient (Wildman–Crippen LogP) is -0.259. The maximum absolute atomic E-state index is 8.67. The summed E-state index contributed by atoms with van der Waals surface area (Å²) in [5, 5.41) is 25.5. The van der Waals surface area contributed by atoms with Crippen LogP contribution in [0.3, 0.4) is 0 Å². The van der Waals surface area contributed by atoms with Crippen LogP contribution in [-0.4, -0.2) is 33.5 Å². The van der Waals surface area contributed by atoms with Gasteiger partial charge in [-0.25, -0.2) is 0 Å². The second-order valence-electron chi connectivity index (χ2n) is 1.23. The Morgan fingerprint density at radius 3 is 2.12 bits per heavy atom. The van der Waals surface area contributed by atoms with E-state index in [9.17, 15) is 0 Å². The van der Waals surface area contributed by atoms with Crippen LogP contribution in [0, 0.1) is 0 Å². The molecule has 50 valence electrons. The zero-order valence-electron chi connectivity index (χ0n) is 3.99. The molecule has 3 N–H and O–H groups in total. The van der Waals surface area contributed by atoms with E-state index in [1.165, 1.54) is 0 Å². The average Bonchev–Trinajstić information content (AvgIpc) is 1.84. The molecule has 8 heavy (non-hydrogen) atoms. The first-order chi connectivity index (χ1) is 3.72. The summed E-state index contributed by atoms with van der Waals surface area (Å²) in [6.07, 6.45) is -1.02. The summed E-state index contributed by atoms with van der Waals surface area (Å²) in [5.41, 5.74) is -0.874. The Hall–Kier alpha value is 0.960. The van der Waals surface area contributed by atoms with E-state index in [2.05, 4.69) is 0 Å². The lowest BCUT2D eigenvalue weighted by Gasteiger charge is -2.09. The second kappa shape index (κ2) is 4.80. The van der Waals surface area contributed by atoms with Crippen LogP contribution < -0.4 is 0 Å². The van der Waals surface area contributed by atoms with Crippen LogP contribution in [0.15, 0.2) is 0 Å². The third-order valence-corrected chi connectivity index (χ3v) is 2.67. The van der Waals surface area contributed by atoms with E-state index in [1.54, 1.807) is 0 Å². The zero-order valence-corrected chi connectivity index (χ0v) is 6.96. The minimum absolute atomic E-state index is 0.392. The first kappa shape index (κ1) is 8.96. The largest absolute Gasteiger partial charge is 0.394 e. The minimum Gasteiger partial charge on any atom is -0.394 e. The highest BCUT2D eigenvalue weighted by Crippen LogP contribution is 2.19. The lowest BCUT2D eigenvalue weighted by atomic mass is 10.4. The standard InChI is InChI=1S/C3H7IO3S/c4-8-3(7)2(6)1-5/h2-3,5-7H,1H2. The summed E-state index contributed by atoms with van der Waals surface area (Å²) in [4.78, 5) is 0. The van der Waals surface area contributed by atoms with Gasteiger partial charge in [0.25, 0.3) is 0 Å². The Balaban J connectivity index is 3.29. The molecule has 0 aliphatic heterocycles. The first-order valence-corrected chi connectivity index (χ1v) is 5.39. The molecule has 0 aliphatic rings. The minimum atomic E-state index is -1.02. The smallest absolute Gasteiger partial charge is 0.137 e. The molecule has 0 amide bonds. The Bertz CT molecular complexity index is 54.5. The molecule has 0 radical (unpaired) electrons. The second-order valence-corrected chi connectivity index (χ2v) is 3.42. The van der Waals surface area contributed by atoms with Crippen LogP contribution in [-0.2, 0) is 0 Å². The first-order valence-electron chi connectivity index (χ1n) is 1.96. The molecule has 0 bridgehead atoms. The Morgan fingerprint density at radius 1 is 1.50 bits per heavy atom. The van der Waals surface area contributed by atoms with E-state index in [0.29, 0.717) is 0 Å². The molecule has 0 fully saturated rings. The third kappa shape index (κ3) is 3.08. The molecular weight excluding hydrogens is 243 g/mol. The fraction of sp³-hybridized carbons (Fsp3) is 1.00. The van der Waals surface area contributed by atoms with Gasteiger partial charge in [0.15, 0.2) is 0 Å². The average molecular weight is 250 g/mol. The predicted molar refractivity (Wildman–Crippen MR) is 40.7 cm³/mol. The number of rotatable bonds is 3. The zero-order chi connectivity index (χ0) is 6.57. The molecule has 0 heterocycles. The molecule has 0 aliphatic carbocycles. The monoisotopic (exact) mass is 250 g/mol. The van der Waals surface area contributed by atoms with Gasteiger partial charge in [0.05, 0.1) is 6.61 Å². The number of hydrogen-bond acceptors (Lipinski definition) is 4. The molecule has 0 spiro atoms. The quantitative estimate of drug-likeness (QED) is 0.477. The van der Waals surface area contributed by atoms with Gasteiger partial charge in [0.1, 0.15) is 11.5 Å². The molecule has 5 heteroatoms. The molecule has 0 rings (SSSR count). The van der Waals surface area contributed by atoms with E-state index < -0.39 is 18.1 Å². The van der Waals surface area contributed by atoms with Crippen molar-refractivity contribution in [3.63, 3.8) is 0 Å². The van der Waals surface area contributed by atoms with Crippen LogP contribution >= 0.6 is 30.1 Å². The summed E-state index contributed by atoms with van der Waals surface area (Å²) < 4.78 is 0. The van der Waals surface area contributed by atoms with Crippen LogP contribution in [0.25, 0.3) is 0 Å². The van der Waals surface area contributed by atoms with Crippen molar-refractivity contribution in [2.24, 2.45) is 0 Å². The molecular formula is C3H7IO3S. The topological polar surface area (TPSA) is 60.7 Å². The van der Waals surface area contributed by atoms with Crippen molar-refractivity contribution in [2.75, 3.05) is 6.61 Å². The maximum Gasteiger partial charge on any atom is 0.137 e. The number of halogens is 1. The van der Waals surface area contributed by atoms with Gasteiger partial charge in [-0.3, -0.25) is 0 Å². The van der Waals surface area contributed by atoms with Crippen molar-refractivity contribution in [1.29, 1.82) is 0 Å². The summed E-state index contributed by atoms with van der Waals surface area (Å²) >= 11 is 1.85. The number of aliphatic hydroxyl groups is 3. The van der Waals surface area contributed by atoms with Gasteiger partial charge in [0.2, 0.25) is 0 Å². The van der Waals surface area contributed by atoms with Crippen molar-refractivity contribution in [3.8, 4) is 0 Å². The van der Waals surface area contributed by atoms with E-state index >= 15 is 0 Å². The number of hydrogen-bond donors (Lipinski definition) is 3. The summed E-state index contributed by atoms with van der Waals surface area (Å²) in [7, 11) is 1.07. The van der Waals surface area contributed by atoms with Gasteiger partial charge in [-0.05, 0) is 21.2 Å². The highest BCUT2D eigenvalue weighted by atomic mass is 127. The van der Waals surface area contributed by atoms with Crippen molar-refractivity contribution < 1.29 is 15.3 Å². The normalized spacial score (nSPS) is 18.0. The van der Waals surface area contributed by atoms with E-state index in [4.69, 9.17) is 15.3 Å². The lowest BCUT2D eigenvalue weighted by molar-refractivity contribution is 0.0293.